The molecule has 1 heterocycles. The van der Waals surface area contributed by atoms with Gasteiger partial charge in [-0.3, -0.25) is 14.6 Å². The highest BCUT2D eigenvalue weighted by molar-refractivity contribution is 5.81. The molecule has 0 aromatic carbocycles. The van der Waals surface area contributed by atoms with Crippen LogP contribution in [0.2, 0.25) is 0 Å². The Hall–Kier alpha value is -1.76. The third kappa shape index (κ3) is 16.8. The van der Waals surface area contributed by atoms with E-state index in [0.29, 0.717) is 6.42 Å². The Labute approximate surface area is 284 Å². The highest BCUT2D eigenvalue weighted by Gasteiger charge is 2.47. The fourth-order valence-electron chi connectivity index (χ4n) is 5.35. The van der Waals surface area contributed by atoms with E-state index in [2.05, 4.69) is 24.4 Å². The molecule has 1 aliphatic rings. The van der Waals surface area contributed by atoms with E-state index in [4.69, 9.17) is 15.3 Å². The van der Waals surface area contributed by atoms with Crippen LogP contribution in [0.5, 0.6) is 0 Å². The molecule has 1 fully saturated rings. The third-order valence-corrected chi connectivity index (χ3v) is 8.48. The molecule has 9 unspecified atom stereocenters. The number of aliphatic hydroxyl groups excluding tert-OH is 8. The van der Waals surface area contributed by atoms with Crippen LogP contribution in [0.25, 0.3) is 0 Å². The maximum atomic E-state index is 12.5. The number of carbonyl (C=O) groups excluding carboxylic acids is 2. The fraction of sp³-hybridized carbons (Fsp3) is 0.879. The molecule has 0 bridgehead atoms. The Morgan fingerprint density at radius 3 is 2.02 bits per heavy atom. The number of nitrogens with zero attached hydrogens (tertiary/aromatic N) is 1. The number of nitrogens with two attached hydrogens (primary N) is 1. The summed E-state index contributed by atoms with van der Waals surface area (Å²) >= 11 is 0. The third-order valence-electron chi connectivity index (χ3n) is 8.48. The van der Waals surface area contributed by atoms with Gasteiger partial charge in [0.15, 0.2) is 12.4 Å². The first kappa shape index (κ1) is 44.3. The number of allylic oxidation sites excluding steroid dienone is 2. The van der Waals surface area contributed by atoms with Gasteiger partial charge in [0.05, 0.1) is 13.2 Å². The van der Waals surface area contributed by atoms with Crippen molar-refractivity contribution in [2.75, 3.05) is 26.3 Å². The number of carbonyl (C=O) groups is 2. The fourth-order valence-corrected chi connectivity index (χ4v) is 5.35. The van der Waals surface area contributed by atoms with Crippen LogP contribution in [-0.2, 0) is 19.1 Å². The van der Waals surface area contributed by atoms with Crippen LogP contribution in [0.15, 0.2) is 12.2 Å². The average Bonchev–Trinajstić information content (AvgIpc) is 3.09. The van der Waals surface area contributed by atoms with E-state index in [0.717, 1.165) is 50.0 Å². The molecule has 0 spiro atoms. The van der Waals surface area contributed by atoms with Crippen molar-refractivity contribution in [1.82, 2.24) is 10.3 Å². The number of aliphatic hydroxyl groups is 8. The Morgan fingerprint density at radius 1 is 0.854 bits per heavy atom. The molecule has 0 radical (unpaired) electrons. The molecule has 282 valence electrons. The number of ether oxygens (including phenoxy) is 2. The summed E-state index contributed by atoms with van der Waals surface area (Å²) in [6.07, 6.45) is 3.53. The van der Waals surface area contributed by atoms with Crippen LogP contribution in [0, 0.1) is 0 Å². The molecule has 0 aromatic rings. The summed E-state index contributed by atoms with van der Waals surface area (Å²) in [4.78, 5) is 24.8. The van der Waals surface area contributed by atoms with Crippen molar-refractivity contribution in [1.29, 1.82) is 0 Å². The number of hydrogen-bond acceptors (Lipinski definition) is 13. The second-order valence-corrected chi connectivity index (χ2v) is 12.5. The van der Waals surface area contributed by atoms with Gasteiger partial charge in [0.2, 0.25) is 5.91 Å². The summed E-state index contributed by atoms with van der Waals surface area (Å²) in [5.41, 5.74) is 0. The minimum absolute atomic E-state index is 0.0161. The molecule has 1 saturated heterocycles. The van der Waals surface area contributed by atoms with E-state index < -0.39 is 74.2 Å². The van der Waals surface area contributed by atoms with Gasteiger partial charge in [-0.1, -0.05) is 70.4 Å². The van der Waals surface area contributed by atoms with Crippen molar-refractivity contribution in [3.05, 3.63) is 12.2 Å². The van der Waals surface area contributed by atoms with E-state index in [1.165, 1.54) is 38.5 Å². The second kappa shape index (κ2) is 26.1. The second-order valence-electron chi connectivity index (χ2n) is 12.5. The number of amides is 2. The van der Waals surface area contributed by atoms with E-state index in [9.17, 15) is 50.4 Å². The molecule has 0 saturated carbocycles. The summed E-state index contributed by atoms with van der Waals surface area (Å²) in [5, 5.41) is 83.3. The zero-order valence-electron chi connectivity index (χ0n) is 28.5. The Balaban J connectivity index is 2.29. The molecule has 0 aromatic heterocycles. The predicted octanol–water partition coefficient (Wildman–Crippen LogP) is -0.507. The maximum absolute atomic E-state index is 12.5. The van der Waals surface area contributed by atoms with Crippen molar-refractivity contribution >= 4 is 11.8 Å². The molecular weight excluding hydrogens is 630 g/mol. The topological polar surface area (TPSA) is 256 Å². The van der Waals surface area contributed by atoms with Crippen molar-refractivity contribution in [2.24, 2.45) is 5.84 Å². The summed E-state index contributed by atoms with van der Waals surface area (Å²) in [7, 11) is 0. The Bertz CT molecular complexity index is 883. The number of unbranched alkanes of at least 4 members (excludes halogenated alkanes) is 11. The summed E-state index contributed by atoms with van der Waals surface area (Å²) in [5.74, 6) is 4.58. The molecule has 0 aliphatic carbocycles. The van der Waals surface area contributed by atoms with Gasteiger partial charge in [-0.2, -0.15) is 0 Å². The lowest BCUT2D eigenvalue weighted by Gasteiger charge is -2.42. The lowest BCUT2D eigenvalue weighted by Crippen LogP contribution is -2.62. The zero-order chi connectivity index (χ0) is 35.9. The number of rotatable bonds is 27. The van der Waals surface area contributed by atoms with Gasteiger partial charge < -0.3 is 55.6 Å². The number of hydrogen-bond donors (Lipinski definition) is 10. The molecule has 11 N–H and O–H groups in total. The lowest BCUT2D eigenvalue weighted by molar-refractivity contribution is -0.326. The highest BCUT2D eigenvalue weighted by Crippen LogP contribution is 2.25. The highest BCUT2D eigenvalue weighted by atomic mass is 16.7. The standard InChI is InChI=1S/C33H63N3O12/c1-2-3-4-5-6-7-8-9-10-11-12-13-14-15-16-18-25(40)36(34)20-17-19-35-32(46)29(44)28(43)31(23(39)21-37)48-33-30(45)27(42)26(41)24(22-38)47-33/h9-10,23-24,26-31,33,37-39,41-45H,2-8,11-22,34H2,1H3,(H,35,46)/b10-9-. The van der Waals surface area contributed by atoms with Gasteiger partial charge >= 0.3 is 0 Å². The quantitative estimate of drug-likeness (QED) is 0.0171. The van der Waals surface area contributed by atoms with Gasteiger partial charge in [0.25, 0.3) is 5.91 Å². The van der Waals surface area contributed by atoms with E-state index >= 15 is 0 Å². The van der Waals surface area contributed by atoms with E-state index in [1.54, 1.807) is 0 Å². The van der Waals surface area contributed by atoms with Crippen molar-refractivity contribution in [3.63, 3.8) is 0 Å². The molecule has 1 rings (SSSR count). The first-order valence-electron chi connectivity index (χ1n) is 17.6. The SMILES string of the molecule is CCCCCCCC/C=C\CCCCCCCC(=O)N(N)CCCNC(=O)C(O)C(O)C(OC1OC(CO)C(O)C(O)C1O)C(O)CO. The number of nitrogens with one attached hydrogen (secondary N) is 1. The normalized spacial score (nSPS) is 23.9. The molecule has 48 heavy (non-hydrogen) atoms. The molecular formula is C33H63N3O12. The smallest absolute Gasteiger partial charge is 0.251 e. The summed E-state index contributed by atoms with van der Waals surface area (Å²) in [6, 6.07) is 0. The Morgan fingerprint density at radius 2 is 1.44 bits per heavy atom. The largest absolute Gasteiger partial charge is 0.394 e. The lowest BCUT2D eigenvalue weighted by atomic mass is 9.98. The summed E-state index contributed by atoms with van der Waals surface area (Å²) < 4.78 is 10.5. The van der Waals surface area contributed by atoms with Crippen molar-refractivity contribution < 1.29 is 59.9 Å². The van der Waals surface area contributed by atoms with E-state index in [1.807, 2.05) is 0 Å². The van der Waals surface area contributed by atoms with Gasteiger partial charge in [-0.15, -0.1) is 0 Å². The van der Waals surface area contributed by atoms with Crippen molar-refractivity contribution in [3.8, 4) is 0 Å². The maximum Gasteiger partial charge on any atom is 0.251 e. The van der Waals surface area contributed by atoms with Crippen LogP contribution in [0.4, 0.5) is 0 Å². The van der Waals surface area contributed by atoms with Crippen LogP contribution in [-0.4, -0.2) is 139 Å². The molecule has 2 amide bonds. The molecule has 1 aliphatic heterocycles. The van der Waals surface area contributed by atoms with Crippen LogP contribution in [0.1, 0.15) is 103 Å². The molecule has 15 nitrogen and oxygen atoms in total. The number of hydrazine groups is 1. The minimum Gasteiger partial charge on any atom is -0.394 e. The average molecular weight is 694 g/mol. The Kier molecular flexibility index (Phi) is 24.1. The van der Waals surface area contributed by atoms with Gasteiger partial charge in [-0.05, 0) is 38.5 Å². The predicted molar refractivity (Wildman–Crippen MR) is 177 cm³/mol. The van der Waals surface area contributed by atoms with Gasteiger partial charge in [0, 0.05) is 19.5 Å². The first-order chi connectivity index (χ1) is 23.0. The van der Waals surface area contributed by atoms with E-state index in [-0.39, 0.29) is 25.4 Å². The molecule has 15 heteroatoms. The monoisotopic (exact) mass is 693 g/mol. The van der Waals surface area contributed by atoms with Crippen LogP contribution < -0.4 is 11.2 Å². The summed E-state index contributed by atoms with van der Waals surface area (Å²) in [6.45, 7) is 0.597. The zero-order valence-corrected chi connectivity index (χ0v) is 28.5. The first-order valence-corrected chi connectivity index (χ1v) is 17.6. The van der Waals surface area contributed by atoms with Crippen LogP contribution >= 0.6 is 0 Å². The van der Waals surface area contributed by atoms with Gasteiger partial charge in [-0.25, -0.2) is 5.84 Å². The van der Waals surface area contributed by atoms with Gasteiger partial charge in [0.1, 0.15) is 42.7 Å². The van der Waals surface area contributed by atoms with Crippen molar-refractivity contribution in [2.45, 2.75) is 158 Å². The van der Waals surface area contributed by atoms with Crippen LogP contribution in [0.3, 0.4) is 0 Å². The molecule has 9 atom stereocenters. The minimum atomic E-state index is -2.17.